The SMILES string of the molecule is Cc1ccc(SCC(=O)O[C@H](C)C(=O)Nc2ccc(Cl)cc2)cc1C. The van der Waals surface area contributed by atoms with Gasteiger partial charge in [0.25, 0.3) is 5.91 Å². The minimum absolute atomic E-state index is 0.154. The number of benzene rings is 2. The van der Waals surface area contributed by atoms with Gasteiger partial charge in [-0.3, -0.25) is 9.59 Å². The van der Waals surface area contributed by atoms with Crippen LogP contribution in [0, 0.1) is 13.8 Å². The molecule has 0 spiro atoms. The molecular weight excluding hydrogens is 358 g/mol. The van der Waals surface area contributed by atoms with Gasteiger partial charge in [0.05, 0.1) is 5.75 Å². The second kappa shape index (κ2) is 8.92. The molecule has 0 aromatic heterocycles. The Hall–Kier alpha value is -1.98. The van der Waals surface area contributed by atoms with Crippen molar-refractivity contribution < 1.29 is 14.3 Å². The molecular formula is C19H20ClNO3S. The first kappa shape index (κ1) is 19.3. The molecule has 1 atom stereocenters. The second-order valence-electron chi connectivity index (χ2n) is 5.66. The molecule has 0 radical (unpaired) electrons. The molecule has 2 aromatic rings. The zero-order valence-corrected chi connectivity index (χ0v) is 15.9. The van der Waals surface area contributed by atoms with E-state index < -0.39 is 12.1 Å². The average molecular weight is 378 g/mol. The van der Waals surface area contributed by atoms with Gasteiger partial charge in [0.1, 0.15) is 0 Å². The van der Waals surface area contributed by atoms with Crippen molar-refractivity contribution in [3.05, 3.63) is 58.6 Å². The van der Waals surface area contributed by atoms with E-state index >= 15 is 0 Å². The van der Waals surface area contributed by atoms with E-state index in [-0.39, 0.29) is 11.7 Å². The van der Waals surface area contributed by atoms with E-state index in [1.165, 1.54) is 22.9 Å². The molecule has 2 aromatic carbocycles. The average Bonchev–Trinajstić information content (AvgIpc) is 2.58. The van der Waals surface area contributed by atoms with Gasteiger partial charge in [-0.05, 0) is 68.3 Å². The Morgan fingerprint density at radius 2 is 1.80 bits per heavy atom. The molecule has 0 heterocycles. The van der Waals surface area contributed by atoms with E-state index in [1.54, 1.807) is 31.2 Å². The molecule has 0 fully saturated rings. The lowest BCUT2D eigenvalue weighted by atomic mass is 10.1. The zero-order valence-electron chi connectivity index (χ0n) is 14.3. The van der Waals surface area contributed by atoms with Crippen molar-refractivity contribution in [2.24, 2.45) is 0 Å². The predicted octanol–water partition coefficient (Wildman–Crippen LogP) is 4.62. The van der Waals surface area contributed by atoms with Gasteiger partial charge in [0.15, 0.2) is 6.10 Å². The van der Waals surface area contributed by atoms with Crippen LogP contribution in [0.3, 0.4) is 0 Å². The standard InChI is InChI=1S/C19H20ClNO3S/c1-12-4-9-17(10-13(12)2)25-11-18(22)24-14(3)19(23)21-16-7-5-15(20)6-8-16/h4-10,14H,11H2,1-3H3,(H,21,23)/t14-/m1/s1. The summed E-state index contributed by atoms with van der Waals surface area (Å²) in [6.07, 6.45) is -0.872. The summed E-state index contributed by atoms with van der Waals surface area (Å²) in [5, 5.41) is 3.26. The Morgan fingerprint density at radius 3 is 2.44 bits per heavy atom. The Morgan fingerprint density at radius 1 is 1.12 bits per heavy atom. The highest BCUT2D eigenvalue weighted by molar-refractivity contribution is 8.00. The van der Waals surface area contributed by atoms with E-state index in [9.17, 15) is 9.59 Å². The smallest absolute Gasteiger partial charge is 0.317 e. The maximum atomic E-state index is 12.1. The van der Waals surface area contributed by atoms with E-state index in [0.717, 1.165) is 4.90 Å². The number of anilines is 1. The van der Waals surface area contributed by atoms with Crippen LogP contribution in [-0.4, -0.2) is 23.7 Å². The van der Waals surface area contributed by atoms with Crippen LogP contribution in [0.1, 0.15) is 18.1 Å². The first-order chi connectivity index (χ1) is 11.8. The highest BCUT2D eigenvalue weighted by Gasteiger charge is 2.18. The lowest BCUT2D eigenvalue weighted by Crippen LogP contribution is -2.30. The predicted molar refractivity (Wildman–Crippen MR) is 102 cm³/mol. The molecule has 0 saturated carbocycles. The van der Waals surface area contributed by atoms with Gasteiger partial charge in [-0.1, -0.05) is 17.7 Å². The summed E-state index contributed by atoms with van der Waals surface area (Å²) in [5.41, 5.74) is 2.98. The number of nitrogens with one attached hydrogen (secondary N) is 1. The van der Waals surface area contributed by atoms with Crippen LogP contribution in [0.25, 0.3) is 0 Å². The number of carbonyl (C=O) groups excluding carboxylic acids is 2. The molecule has 4 nitrogen and oxygen atoms in total. The maximum Gasteiger partial charge on any atom is 0.317 e. The molecule has 1 amide bonds. The molecule has 132 valence electrons. The third kappa shape index (κ3) is 6.11. The van der Waals surface area contributed by atoms with Gasteiger partial charge in [0.2, 0.25) is 0 Å². The van der Waals surface area contributed by atoms with Crippen molar-refractivity contribution in [3.63, 3.8) is 0 Å². The molecule has 0 unspecified atom stereocenters. The van der Waals surface area contributed by atoms with E-state index in [2.05, 4.69) is 5.32 Å². The van der Waals surface area contributed by atoms with Gasteiger partial charge in [-0.2, -0.15) is 0 Å². The fourth-order valence-electron chi connectivity index (χ4n) is 2.01. The number of esters is 1. The van der Waals surface area contributed by atoms with Gasteiger partial charge in [-0.15, -0.1) is 11.8 Å². The normalized spacial score (nSPS) is 11.7. The molecule has 6 heteroatoms. The number of rotatable bonds is 6. The second-order valence-corrected chi connectivity index (χ2v) is 7.15. The van der Waals surface area contributed by atoms with Gasteiger partial charge in [0, 0.05) is 15.6 Å². The molecule has 2 rings (SSSR count). The fraction of sp³-hybridized carbons (Fsp3) is 0.263. The molecule has 0 aliphatic heterocycles. The summed E-state index contributed by atoms with van der Waals surface area (Å²) >= 11 is 7.19. The topological polar surface area (TPSA) is 55.4 Å². The van der Waals surface area contributed by atoms with Gasteiger partial charge in [-0.25, -0.2) is 0 Å². The third-order valence-electron chi connectivity index (χ3n) is 3.62. The molecule has 0 aliphatic rings. The molecule has 1 N–H and O–H groups in total. The number of thioether (sulfide) groups is 1. The Bertz CT molecular complexity index is 762. The lowest BCUT2D eigenvalue weighted by molar-refractivity contribution is -0.150. The Kier molecular flexibility index (Phi) is 6.91. The van der Waals surface area contributed by atoms with Crippen molar-refractivity contribution >= 4 is 40.9 Å². The first-order valence-corrected chi connectivity index (χ1v) is 9.17. The van der Waals surface area contributed by atoms with Crippen molar-refractivity contribution in [1.82, 2.24) is 0 Å². The van der Waals surface area contributed by atoms with Crippen LogP contribution in [0.15, 0.2) is 47.4 Å². The van der Waals surface area contributed by atoms with Crippen molar-refractivity contribution in [1.29, 1.82) is 0 Å². The van der Waals surface area contributed by atoms with Crippen LogP contribution in [0.2, 0.25) is 5.02 Å². The largest absolute Gasteiger partial charge is 0.452 e. The molecule has 0 aliphatic carbocycles. The van der Waals surface area contributed by atoms with Crippen molar-refractivity contribution in [2.75, 3.05) is 11.1 Å². The summed E-state index contributed by atoms with van der Waals surface area (Å²) < 4.78 is 5.19. The monoisotopic (exact) mass is 377 g/mol. The quantitative estimate of drug-likeness (QED) is 0.589. The maximum absolute atomic E-state index is 12.1. The van der Waals surface area contributed by atoms with E-state index in [0.29, 0.717) is 10.7 Å². The summed E-state index contributed by atoms with van der Waals surface area (Å²) in [6, 6.07) is 12.7. The number of ether oxygens (including phenoxy) is 1. The van der Waals surface area contributed by atoms with Gasteiger partial charge < -0.3 is 10.1 Å². The van der Waals surface area contributed by atoms with Gasteiger partial charge >= 0.3 is 5.97 Å². The zero-order chi connectivity index (χ0) is 18.4. The summed E-state index contributed by atoms with van der Waals surface area (Å²) in [7, 11) is 0. The van der Waals surface area contributed by atoms with Crippen molar-refractivity contribution in [3.8, 4) is 0 Å². The minimum atomic E-state index is -0.872. The lowest BCUT2D eigenvalue weighted by Gasteiger charge is -2.13. The van der Waals surface area contributed by atoms with Crippen molar-refractivity contribution in [2.45, 2.75) is 31.8 Å². The van der Waals surface area contributed by atoms with Crippen LogP contribution in [-0.2, 0) is 14.3 Å². The van der Waals surface area contributed by atoms with Crippen LogP contribution >= 0.6 is 23.4 Å². The third-order valence-corrected chi connectivity index (χ3v) is 4.84. The molecule has 0 saturated heterocycles. The summed E-state index contributed by atoms with van der Waals surface area (Å²) in [4.78, 5) is 25.0. The highest BCUT2D eigenvalue weighted by atomic mass is 35.5. The fourth-order valence-corrected chi connectivity index (χ4v) is 2.91. The van der Waals surface area contributed by atoms with E-state index in [1.807, 2.05) is 32.0 Å². The molecule has 25 heavy (non-hydrogen) atoms. The Labute approximate surface area is 156 Å². The number of hydrogen-bond acceptors (Lipinski definition) is 4. The van der Waals surface area contributed by atoms with Crippen LogP contribution in [0.4, 0.5) is 5.69 Å². The summed E-state index contributed by atoms with van der Waals surface area (Å²) in [6.45, 7) is 5.61. The Balaban J connectivity index is 1.81. The number of amides is 1. The first-order valence-electron chi connectivity index (χ1n) is 7.81. The highest BCUT2D eigenvalue weighted by Crippen LogP contribution is 2.21. The van der Waals surface area contributed by atoms with Crippen LogP contribution < -0.4 is 5.32 Å². The summed E-state index contributed by atoms with van der Waals surface area (Å²) in [5.74, 6) is -0.657. The van der Waals surface area contributed by atoms with Crippen LogP contribution in [0.5, 0.6) is 0 Å². The minimum Gasteiger partial charge on any atom is -0.452 e. The number of halogens is 1. The molecule has 0 bridgehead atoms. The number of aryl methyl sites for hydroxylation is 2. The van der Waals surface area contributed by atoms with E-state index in [4.69, 9.17) is 16.3 Å². The number of carbonyl (C=O) groups is 2. The number of hydrogen-bond donors (Lipinski definition) is 1.